The van der Waals surface area contributed by atoms with E-state index < -0.39 is 0 Å². The summed E-state index contributed by atoms with van der Waals surface area (Å²) in [5.74, 6) is 0.283. The van der Waals surface area contributed by atoms with E-state index in [-0.39, 0.29) is 5.91 Å². The monoisotopic (exact) mass is 365 g/mol. The number of benzene rings is 1. The molecule has 0 aliphatic carbocycles. The number of anilines is 1. The molecule has 0 spiro atoms. The number of halogens is 1. The van der Waals surface area contributed by atoms with Crippen molar-refractivity contribution in [1.82, 2.24) is 0 Å². The number of nitrogens with zero attached hydrogens (tertiary/aromatic N) is 1. The zero-order valence-corrected chi connectivity index (χ0v) is 15.7. The molecule has 1 amide bonds. The lowest BCUT2D eigenvalue weighted by atomic mass is 10.0. The second-order valence-corrected chi connectivity index (χ2v) is 7.77. The van der Waals surface area contributed by atoms with Gasteiger partial charge in [-0.2, -0.15) is 0 Å². The smallest absolute Gasteiger partial charge is 0.227 e. The second-order valence-electron chi connectivity index (χ2n) is 6.47. The van der Waals surface area contributed by atoms with Crippen LogP contribution in [0.1, 0.15) is 64.0 Å². The van der Waals surface area contributed by atoms with Crippen LogP contribution in [0, 0.1) is 0 Å². The van der Waals surface area contributed by atoms with E-state index in [1.807, 2.05) is 4.90 Å². The van der Waals surface area contributed by atoms with Crippen LogP contribution in [-0.2, 0) is 17.6 Å². The molecule has 2 unspecified atom stereocenters. The van der Waals surface area contributed by atoms with Crippen LogP contribution in [0.3, 0.4) is 0 Å². The minimum Gasteiger partial charge on any atom is -0.309 e. The fourth-order valence-electron chi connectivity index (χ4n) is 3.31. The largest absolute Gasteiger partial charge is 0.309 e. The molecular weight excluding hydrogens is 338 g/mol. The van der Waals surface area contributed by atoms with Crippen LogP contribution in [0.25, 0.3) is 0 Å². The highest BCUT2D eigenvalue weighted by atomic mass is 79.9. The first kappa shape index (κ1) is 17.5. The Kier molecular flexibility index (Phi) is 6.49. The molecule has 22 heavy (non-hydrogen) atoms. The fourth-order valence-corrected chi connectivity index (χ4v) is 4.14. The van der Waals surface area contributed by atoms with Gasteiger partial charge >= 0.3 is 0 Å². The van der Waals surface area contributed by atoms with Crippen molar-refractivity contribution >= 4 is 27.5 Å². The van der Waals surface area contributed by atoms with Crippen LogP contribution >= 0.6 is 15.9 Å². The molecule has 2 nitrogen and oxygen atoms in total. The van der Waals surface area contributed by atoms with Gasteiger partial charge < -0.3 is 4.90 Å². The predicted molar refractivity (Wildman–Crippen MR) is 97.9 cm³/mol. The zero-order valence-electron chi connectivity index (χ0n) is 14.1. The third kappa shape index (κ3) is 4.13. The maximum atomic E-state index is 12.4. The van der Waals surface area contributed by atoms with Crippen molar-refractivity contribution in [3.63, 3.8) is 0 Å². The normalized spacial score (nSPS) is 18.4. The molecule has 122 valence electrons. The van der Waals surface area contributed by atoms with Gasteiger partial charge in [0.15, 0.2) is 0 Å². The summed E-state index contributed by atoms with van der Waals surface area (Å²) in [5, 5.41) is 0. The summed E-state index contributed by atoms with van der Waals surface area (Å²) in [5.41, 5.74) is 3.86. The molecule has 2 atom stereocenters. The van der Waals surface area contributed by atoms with Crippen LogP contribution in [0.4, 0.5) is 5.69 Å². The van der Waals surface area contributed by atoms with E-state index in [0.29, 0.717) is 17.3 Å². The lowest BCUT2D eigenvalue weighted by Gasteiger charge is -2.23. The van der Waals surface area contributed by atoms with Gasteiger partial charge in [-0.25, -0.2) is 0 Å². The highest BCUT2D eigenvalue weighted by Gasteiger charge is 2.30. The number of hydrogen-bond donors (Lipinski definition) is 0. The predicted octanol–water partition coefficient (Wildman–Crippen LogP) is 5.26. The van der Waals surface area contributed by atoms with E-state index in [0.717, 1.165) is 31.4 Å². The lowest BCUT2D eigenvalue weighted by molar-refractivity contribution is -0.119. The van der Waals surface area contributed by atoms with E-state index >= 15 is 0 Å². The SMILES string of the molecule is CCCCC(=O)N1c2ccc(CC(Br)CCC)cc2CC1C. The molecule has 1 aromatic carbocycles. The molecule has 2 rings (SSSR count). The number of carbonyl (C=O) groups excluding carboxylic acids is 1. The lowest BCUT2D eigenvalue weighted by Crippen LogP contribution is -2.35. The average molecular weight is 366 g/mol. The van der Waals surface area contributed by atoms with Gasteiger partial charge in [-0.15, -0.1) is 0 Å². The quantitative estimate of drug-likeness (QED) is 0.603. The van der Waals surface area contributed by atoms with Crippen molar-refractivity contribution in [2.75, 3.05) is 4.90 Å². The van der Waals surface area contributed by atoms with Crippen molar-refractivity contribution in [3.05, 3.63) is 29.3 Å². The van der Waals surface area contributed by atoms with E-state index in [9.17, 15) is 4.79 Å². The first-order valence-electron chi connectivity index (χ1n) is 8.64. The Bertz CT molecular complexity index is 514. The Morgan fingerprint density at radius 1 is 1.36 bits per heavy atom. The van der Waals surface area contributed by atoms with Gasteiger partial charge in [0.1, 0.15) is 0 Å². The van der Waals surface area contributed by atoms with Crippen LogP contribution in [-0.4, -0.2) is 16.8 Å². The van der Waals surface area contributed by atoms with Crippen LogP contribution in [0.2, 0.25) is 0 Å². The Labute approximate surface area is 143 Å². The van der Waals surface area contributed by atoms with Crippen LogP contribution in [0.15, 0.2) is 18.2 Å². The van der Waals surface area contributed by atoms with E-state index in [4.69, 9.17) is 0 Å². The molecule has 0 aromatic heterocycles. The standard InChI is InChI=1S/C19H28BrNO/c1-4-6-8-19(22)21-14(3)11-16-12-15(9-10-18(16)21)13-17(20)7-5-2/h9-10,12,14,17H,4-8,11,13H2,1-3H3. The molecule has 0 radical (unpaired) electrons. The first-order chi connectivity index (χ1) is 10.6. The first-order valence-corrected chi connectivity index (χ1v) is 9.56. The minimum absolute atomic E-state index is 0.283. The molecule has 0 saturated carbocycles. The molecule has 1 heterocycles. The molecule has 0 bridgehead atoms. The number of alkyl halides is 1. The molecule has 3 heteroatoms. The molecule has 0 fully saturated rings. The zero-order chi connectivity index (χ0) is 16.1. The van der Waals surface area contributed by atoms with Gasteiger partial charge in [-0.05, 0) is 49.8 Å². The number of amides is 1. The molecular formula is C19H28BrNO. The van der Waals surface area contributed by atoms with Gasteiger partial charge in [0.25, 0.3) is 0 Å². The highest BCUT2D eigenvalue weighted by molar-refractivity contribution is 9.09. The minimum atomic E-state index is 0.283. The Morgan fingerprint density at radius 2 is 2.14 bits per heavy atom. The third-order valence-corrected chi connectivity index (χ3v) is 5.21. The Hall–Kier alpha value is -0.830. The number of fused-ring (bicyclic) bond motifs is 1. The maximum absolute atomic E-state index is 12.4. The van der Waals surface area contributed by atoms with Crippen molar-refractivity contribution in [2.45, 2.75) is 76.6 Å². The summed E-state index contributed by atoms with van der Waals surface area (Å²) in [6.45, 7) is 6.51. The van der Waals surface area contributed by atoms with Gasteiger partial charge in [-0.3, -0.25) is 4.79 Å². The number of hydrogen-bond acceptors (Lipinski definition) is 1. The van der Waals surface area contributed by atoms with Crippen LogP contribution < -0.4 is 4.90 Å². The van der Waals surface area contributed by atoms with Crippen molar-refractivity contribution in [2.24, 2.45) is 0 Å². The second kappa shape index (κ2) is 8.14. The highest BCUT2D eigenvalue weighted by Crippen LogP contribution is 2.34. The van der Waals surface area contributed by atoms with Gasteiger partial charge in [0.2, 0.25) is 5.91 Å². The van der Waals surface area contributed by atoms with Crippen molar-refractivity contribution < 1.29 is 4.79 Å². The number of unbranched alkanes of at least 4 members (excludes halogenated alkanes) is 1. The Morgan fingerprint density at radius 3 is 2.82 bits per heavy atom. The van der Waals surface area contributed by atoms with Crippen molar-refractivity contribution in [3.8, 4) is 0 Å². The summed E-state index contributed by atoms with van der Waals surface area (Å²) in [6, 6.07) is 6.96. The van der Waals surface area contributed by atoms with Gasteiger partial charge in [0.05, 0.1) is 0 Å². The molecule has 1 aromatic rings. The summed E-state index contributed by atoms with van der Waals surface area (Å²) in [7, 11) is 0. The summed E-state index contributed by atoms with van der Waals surface area (Å²) >= 11 is 3.77. The fraction of sp³-hybridized carbons (Fsp3) is 0.632. The van der Waals surface area contributed by atoms with Gasteiger partial charge in [0, 0.05) is 23.0 Å². The van der Waals surface area contributed by atoms with E-state index in [2.05, 4.69) is 54.9 Å². The molecule has 0 saturated heterocycles. The topological polar surface area (TPSA) is 20.3 Å². The average Bonchev–Trinajstić information content (AvgIpc) is 2.80. The van der Waals surface area contributed by atoms with E-state index in [1.54, 1.807) is 0 Å². The number of carbonyl (C=O) groups is 1. The summed E-state index contributed by atoms with van der Waals surface area (Å²) in [4.78, 5) is 15.0. The van der Waals surface area contributed by atoms with Crippen LogP contribution in [0.5, 0.6) is 0 Å². The van der Waals surface area contributed by atoms with Crippen molar-refractivity contribution in [1.29, 1.82) is 0 Å². The molecule has 0 N–H and O–H groups in total. The summed E-state index contributed by atoms with van der Waals surface area (Å²) < 4.78 is 0. The summed E-state index contributed by atoms with van der Waals surface area (Å²) in [6.07, 6.45) is 7.19. The maximum Gasteiger partial charge on any atom is 0.227 e. The van der Waals surface area contributed by atoms with Gasteiger partial charge in [-0.1, -0.05) is 54.8 Å². The number of rotatable bonds is 7. The molecule has 1 aliphatic heterocycles. The Balaban J connectivity index is 2.11. The third-order valence-electron chi connectivity index (χ3n) is 4.43. The van der Waals surface area contributed by atoms with E-state index in [1.165, 1.54) is 24.0 Å². The molecule has 1 aliphatic rings.